The van der Waals surface area contributed by atoms with E-state index in [0.717, 1.165) is 30.5 Å². The lowest BCUT2D eigenvalue weighted by Gasteiger charge is -2.30. The molecule has 1 aliphatic heterocycles. The first kappa shape index (κ1) is 14.1. The molecule has 0 bridgehead atoms. The highest BCUT2D eigenvalue weighted by Crippen LogP contribution is 2.25. The molecule has 1 saturated heterocycles. The van der Waals surface area contributed by atoms with Crippen LogP contribution in [-0.4, -0.2) is 28.3 Å². The SMILES string of the molecule is CC1CCN(c2cnnc(Nc3ccccc3Cl)n2)CC1. The smallest absolute Gasteiger partial charge is 0.249 e. The number of aromatic nitrogens is 3. The number of benzene rings is 1. The van der Waals surface area contributed by atoms with Gasteiger partial charge in [-0.15, -0.1) is 5.10 Å². The topological polar surface area (TPSA) is 53.9 Å². The van der Waals surface area contributed by atoms with E-state index in [1.807, 2.05) is 24.3 Å². The van der Waals surface area contributed by atoms with Gasteiger partial charge in [0.1, 0.15) is 0 Å². The first-order chi connectivity index (χ1) is 10.2. The molecule has 0 amide bonds. The summed E-state index contributed by atoms with van der Waals surface area (Å²) < 4.78 is 0. The molecule has 0 atom stereocenters. The van der Waals surface area contributed by atoms with Gasteiger partial charge in [0.2, 0.25) is 5.95 Å². The molecule has 0 spiro atoms. The fourth-order valence-electron chi connectivity index (χ4n) is 2.42. The number of halogens is 1. The van der Waals surface area contributed by atoms with Crippen LogP contribution in [0.5, 0.6) is 0 Å². The number of anilines is 3. The summed E-state index contributed by atoms with van der Waals surface area (Å²) in [6.07, 6.45) is 4.10. The van der Waals surface area contributed by atoms with Gasteiger partial charge in [-0.3, -0.25) is 0 Å². The highest BCUT2D eigenvalue weighted by molar-refractivity contribution is 6.33. The van der Waals surface area contributed by atoms with Crippen molar-refractivity contribution in [2.45, 2.75) is 19.8 Å². The van der Waals surface area contributed by atoms with Crippen molar-refractivity contribution in [3.05, 3.63) is 35.5 Å². The molecule has 1 aliphatic rings. The molecule has 6 heteroatoms. The van der Waals surface area contributed by atoms with Crippen LogP contribution in [-0.2, 0) is 0 Å². The van der Waals surface area contributed by atoms with Gasteiger partial charge in [0, 0.05) is 13.1 Å². The minimum atomic E-state index is 0.472. The number of para-hydroxylation sites is 1. The van der Waals surface area contributed by atoms with Crippen molar-refractivity contribution in [2.24, 2.45) is 5.92 Å². The first-order valence-corrected chi connectivity index (χ1v) is 7.56. The van der Waals surface area contributed by atoms with Crippen LogP contribution in [0.2, 0.25) is 5.02 Å². The Morgan fingerprint density at radius 3 is 2.76 bits per heavy atom. The van der Waals surface area contributed by atoms with Crippen molar-refractivity contribution in [1.82, 2.24) is 15.2 Å². The van der Waals surface area contributed by atoms with Gasteiger partial charge in [-0.25, -0.2) is 0 Å². The molecular weight excluding hydrogens is 286 g/mol. The Morgan fingerprint density at radius 2 is 2.00 bits per heavy atom. The van der Waals surface area contributed by atoms with Crippen LogP contribution in [0, 0.1) is 5.92 Å². The van der Waals surface area contributed by atoms with Crippen LogP contribution in [0.3, 0.4) is 0 Å². The molecule has 21 heavy (non-hydrogen) atoms. The van der Waals surface area contributed by atoms with Crippen LogP contribution in [0.4, 0.5) is 17.5 Å². The second-order valence-corrected chi connectivity index (χ2v) is 5.82. The van der Waals surface area contributed by atoms with E-state index in [1.54, 1.807) is 6.20 Å². The third-order valence-corrected chi connectivity index (χ3v) is 4.10. The zero-order valence-corrected chi connectivity index (χ0v) is 12.7. The summed E-state index contributed by atoms with van der Waals surface area (Å²) in [7, 11) is 0. The Bertz CT molecular complexity index is 611. The van der Waals surface area contributed by atoms with Gasteiger partial charge in [-0.1, -0.05) is 30.7 Å². The molecule has 1 N–H and O–H groups in total. The van der Waals surface area contributed by atoms with E-state index < -0.39 is 0 Å². The second-order valence-electron chi connectivity index (χ2n) is 5.41. The number of hydrogen-bond donors (Lipinski definition) is 1. The van der Waals surface area contributed by atoms with Crippen LogP contribution < -0.4 is 10.2 Å². The van der Waals surface area contributed by atoms with E-state index in [0.29, 0.717) is 11.0 Å². The molecule has 0 radical (unpaired) electrons. The maximum atomic E-state index is 6.13. The highest BCUT2D eigenvalue weighted by atomic mass is 35.5. The number of nitrogens with zero attached hydrogens (tertiary/aromatic N) is 4. The van der Waals surface area contributed by atoms with Crippen molar-refractivity contribution in [1.29, 1.82) is 0 Å². The summed E-state index contributed by atoms with van der Waals surface area (Å²) in [5.41, 5.74) is 0.783. The molecule has 2 aromatic rings. The summed E-state index contributed by atoms with van der Waals surface area (Å²) in [5.74, 6) is 2.13. The van der Waals surface area contributed by atoms with Gasteiger partial charge in [0.15, 0.2) is 5.82 Å². The quantitative estimate of drug-likeness (QED) is 0.940. The molecular formula is C15H18ClN5. The van der Waals surface area contributed by atoms with Gasteiger partial charge in [-0.05, 0) is 30.9 Å². The number of nitrogens with one attached hydrogen (secondary N) is 1. The molecule has 3 rings (SSSR count). The standard InChI is InChI=1S/C15H18ClN5/c1-11-6-8-21(9-7-11)14-10-17-20-15(19-14)18-13-5-3-2-4-12(13)16/h2-5,10-11H,6-9H2,1H3,(H,18,19,20). The molecule has 0 unspecified atom stereocenters. The van der Waals surface area contributed by atoms with Gasteiger partial charge in [0.25, 0.3) is 0 Å². The van der Waals surface area contributed by atoms with Crippen molar-refractivity contribution in [3.8, 4) is 0 Å². The normalized spacial score (nSPS) is 16.0. The Morgan fingerprint density at radius 1 is 1.24 bits per heavy atom. The van der Waals surface area contributed by atoms with E-state index in [-0.39, 0.29) is 0 Å². The van der Waals surface area contributed by atoms with Crippen molar-refractivity contribution in [3.63, 3.8) is 0 Å². The zero-order valence-electron chi connectivity index (χ0n) is 12.0. The van der Waals surface area contributed by atoms with Crippen LogP contribution >= 0.6 is 11.6 Å². The Labute approximate surface area is 129 Å². The molecule has 1 aromatic carbocycles. The summed E-state index contributed by atoms with van der Waals surface area (Å²) >= 11 is 6.13. The first-order valence-electron chi connectivity index (χ1n) is 7.18. The Hall–Kier alpha value is -1.88. The van der Waals surface area contributed by atoms with Gasteiger partial charge in [0.05, 0.1) is 16.9 Å². The van der Waals surface area contributed by atoms with Crippen molar-refractivity contribution >= 4 is 29.1 Å². The number of rotatable bonds is 3. The summed E-state index contributed by atoms with van der Waals surface area (Å²) in [6, 6.07) is 7.52. The molecule has 1 fully saturated rings. The van der Waals surface area contributed by atoms with Gasteiger partial charge < -0.3 is 10.2 Å². The lowest BCUT2D eigenvalue weighted by molar-refractivity contribution is 0.436. The average molecular weight is 304 g/mol. The molecule has 2 heterocycles. The van der Waals surface area contributed by atoms with E-state index in [2.05, 4.69) is 32.3 Å². The minimum absolute atomic E-state index is 0.472. The lowest BCUT2D eigenvalue weighted by Crippen LogP contribution is -2.33. The van der Waals surface area contributed by atoms with Gasteiger partial charge in [-0.2, -0.15) is 10.1 Å². The minimum Gasteiger partial charge on any atom is -0.355 e. The highest BCUT2D eigenvalue weighted by Gasteiger charge is 2.17. The summed E-state index contributed by atoms with van der Waals surface area (Å²) in [6.45, 7) is 4.33. The maximum Gasteiger partial charge on any atom is 0.249 e. The number of hydrogen-bond acceptors (Lipinski definition) is 5. The molecule has 5 nitrogen and oxygen atoms in total. The third-order valence-electron chi connectivity index (χ3n) is 3.77. The third kappa shape index (κ3) is 3.42. The Balaban J connectivity index is 1.76. The van der Waals surface area contributed by atoms with Crippen molar-refractivity contribution < 1.29 is 0 Å². The monoisotopic (exact) mass is 303 g/mol. The number of piperidine rings is 1. The second kappa shape index (κ2) is 6.26. The van der Waals surface area contributed by atoms with Crippen LogP contribution in [0.25, 0.3) is 0 Å². The van der Waals surface area contributed by atoms with E-state index in [9.17, 15) is 0 Å². The fraction of sp³-hybridized carbons (Fsp3) is 0.400. The average Bonchev–Trinajstić information content (AvgIpc) is 2.51. The molecule has 110 valence electrons. The Kier molecular flexibility index (Phi) is 4.20. The summed E-state index contributed by atoms with van der Waals surface area (Å²) in [5, 5.41) is 11.8. The van der Waals surface area contributed by atoms with Crippen LogP contribution in [0.15, 0.2) is 30.5 Å². The molecule has 0 saturated carbocycles. The maximum absolute atomic E-state index is 6.13. The van der Waals surface area contributed by atoms with E-state index in [1.165, 1.54) is 12.8 Å². The zero-order chi connectivity index (χ0) is 14.7. The van der Waals surface area contributed by atoms with E-state index >= 15 is 0 Å². The van der Waals surface area contributed by atoms with Crippen LogP contribution in [0.1, 0.15) is 19.8 Å². The largest absolute Gasteiger partial charge is 0.355 e. The summed E-state index contributed by atoms with van der Waals surface area (Å²) in [4.78, 5) is 6.80. The molecule has 1 aromatic heterocycles. The van der Waals surface area contributed by atoms with Crippen molar-refractivity contribution in [2.75, 3.05) is 23.3 Å². The van der Waals surface area contributed by atoms with Gasteiger partial charge >= 0.3 is 0 Å². The predicted molar refractivity (Wildman–Crippen MR) is 85.2 cm³/mol. The fourth-order valence-corrected chi connectivity index (χ4v) is 2.60. The lowest BCUT2D eigenvalue weighted by atomic mass is 9.99. The molecule has 0 aliphatic carbocycles. The predicted octanol–water partition coefficient (Wildman–Crippen LogP) is 3.50. The van der Waals surface area contributed by atoms with E-state index in [4.69, 9.17) is 11.6 Å².